The second kappa shape index (κ2) is 6.44. The molecule has 1 heterocycles. The van der Waals surface area contributed by atoms with Gasteiger partial charge < -0.3 is 5.32 Å². The summed E-state index contributed by atoms with van der Waals surface area (Å²) in [5.41, 5.74) is 2.25. The molecule has 0 bridgehead atoms. The van der Waals surface area contributed by atoms with Gasteiger partial charge in [0.05, 0.1) is 17.1 Å². The Morgan fingerprint density at radius 1 is 1.16 bits per heavy atom. The Morgan fingerprint density at radius 2 is 1.92 bits per heavy atom. The van der Waals surface area contributed by atoms with Gasteiger partial charge in [0.1, 0.15) is 11.5 Å². The van der Waals surface area contributed by atoms with E-state index in [1.54, 1.807) is 16.8 Å². The molecule has 0 spiro atoms. The smallest absolute Gasteiger partial charge is 0.274 e. The lowest BCUT2D eigenvalue weighted by atomic mass is 10.2. The van der Waals surface area contributed by atoms with Crippen molar-refractivity contribution in [3.8, 4) is 5.69 Å². The largest absolute Gasteiger partial charge is 0.318 e. The number of nitrogens with zero attached hydrogens (tertiary/aromatic N) is 2. The van der Waals surface area contributed by atoms with Crippen molar-refractivity contribution in [3.63, 3.8) is 0 Å². The molecule has 25 heavy (non-hydrogen) atoms. The fourth-order valence-corrected chi connectivity index (χ4v) is 3.02. The van der Waals surface area contributed by atoms with E-state index in [0.29, 0.717) is 16.1 Å². The normalized spacial score (nSPS) is 13.7. The molecule has 1 fully saturated rings. The Kier molecular flexibility index (Phi) is 4.13. The summed E-state index contributed by atoms with van der Waals surface area (Å²) in [5.74, 6) is -0.457. The number of hydrogen-bond acceptors (Lipinski definition) is 2. The van der Waals surface area contributed by atoms with Gasteiger partial charge in [0.25, 0.3) is 5.91 Å². The first kappa shape index (κ1) is 16.0. The van der Waals surface area contributed by atoms with Gasteiger partial charge in [-0.25, -0.2) is 9.07 Å². The van der Waals surface area contributed by atoms with Crippen molar-refractivity contribution in [3.05, 3.63) is 76.3 Å². The van der Waals surface area contributed by atoms with E-state index in [9.17, 15) is 9.18 Å². The topological polar surface area (TPSA) is 46.9 Å². The average molecular weight is 400 g/mol. The number of hydrogen-bond donors (Lipinski definition) is 1. The van der Waals surface area contributed by atoms with Crippen LogP contribution in [0, 0.1) is 5.82 Å². The van der Waals surface area contributed by atoms with Crippen molar-refractivity contribution in [2.45, 2.75) is 18.8 Å². The monoisotopic (exact) mass is 399 g/mol. The number of para-hydroxylation sites is 1. The molecule has 0 atom stereocenters. The van der Waals surface area contributed by atoms with Crippen LogP contribution in [-0.2, 0) is 0 Å². The van der Waals surface area contributed by atoms with Crippen LogP contribution < -0.4 is 5.32 Å². The molecule has 0 saturated heterocycles. The summed E-state index contributed by atoms with van der Waals surface area (Å²) in [6.45, 7) is 0. The number of amides is 1. The van der Waals surface area contributed by atoms with E-state index >= 15 is 0 Å². The van der Waals surface area contributed by atoms with Crippen molar-refractivity contribution < 1.29 is 9.18 Å². The first-order valence-corrected chi connectivity index (χ1v) is 8.83. The van der Waals surface area contributed by atoms with E-state index in [1.165, 1.54) is 12.1 Å². The van der Waals surface area contributed by atoms with Crippen molar-refractivity contribution in [1.29, 1.82) is 0 Å². The molecule has 1 saturated carbocycles. The van der Waals surface area contributed by atoms with E-state index in [-0.39, 0.29) is 11.6 Å². The summed E-state index contributed by atoms with van der Waals surface area (Å²) in [6, 6.07) is 15.8. The first-order chi connectivity index (χ1) is 12.1. The summed E-state index contributed by atoms with van der Waals surface area (Å²) in [6.07, 6.45) is 2.18. The van der Waals surface area contributed by atoms with Crippen molar-refractivity contribution in [2.75, 3.05) is 5.32 Å². The van der Waals surface area contributed by atoms with E-state index < -0.39 is 5.82 Å². The van der Waals surface area contributed by atoms with Gasteiger partial charge in [-0.3, -0.25) is 4.79 Å². The van der Waals surface area contributed by atoms with E-state index in [4.69, 9.17) is 0 Å². The lowest BCUT2D eigenvalue weighted by Gasteiger charge is -2.09. The van der Waals surface area contributed by atoms with Crippen molar-refractivity contribution in [1.82, 2.24) is 9.78 Å². The van der Waals surface area contributed by atoms with Crippen LogP contribution in [0.2, 0.25) is 0 Å². The third-order valence-corrected chi connectivity index (χ3v) is 4.63. The maximum atomic E-state index is 14.0. The number of carbonyl (C=O) groups is 1. The SMILES string of the molecule is O=C(Nc1ccc(Br)cc1F)c1cc(C2CC2)nn1-c1ccccc1. The number of benzene rings is 2. The second-order valence-corrected chi connectivity index (χ2v) is 6.97. The van der Waals surface area contributed by atoms with Gasteiger partial charge in [0.15, 0.2) is 0 Å². The van der Waals surface area contributed by atoms with Crippen LogP contribution in [0.5, 0.6) is 0 Å². The van der Waals surface area contributed by atoms with Gasteiger partial charge in [-0.1, -0.05) is 34.1 Å². The third kappa shape index (κ3) is 3.35. The molecular weight excluding hydrogens is 385 g/mol. The number of anilines is 1. The van der Waals surface area contributed by atoms with Crippen LogP contribution in [0.3, 0.4) is 0 Å². The zero-order valence-electron chi connectivity index (χ0n) is 13.2. The fourth-order valence-electron chi connectivity index (χ4n) is 2.68. The van der Waals surface area contributed by atoms with Crippen LogP contribution in [0.15, 0.2) is 59.1 Å². The molecule has 1 N–H and O–H groups in total. The summed E-state index contributed by atoms with van der Waals surface area (Å²) in [4.78, 5) is 12.8. The van der Waals surface area contributed by atoms with Crippen molar-refractivity contribution in [2.24, 2.45) is 0 Å². The van der Waals surface area contributed by atoms with Gasteiger partial charge in [-0.05, 0) is 49.2 Å². The molecule has 1 aromatic heterocycles. The quantitative estimate of drug-likeness (QED) is 0.677. The zero-order chi connectivity index (χ0) is 17.4. The molecule has 126 valence electrons. The molecule has 0 radical (unpaired) electrons. The lowest BCUT2D eigenvalue weighted by Crippen LogP contribution is -2.17. The Morgan fingerprint density at radius 3 is 2.60 bits per heavy atom. The highest BCUT2D eigenvalue weighted by Gasteiger charge is 2.29. The van der Waals surface area contributed by atoms with Crippen LogP contribution in [0.25, 0.3) is 5.69 Å². The van der Waals surface area contributed by atoms with E-state index in [1.807, 2.05) is 30.3 Å². The maximum absolute atomic E-state index is 14.0. The predicted molar refractivity (Wildman–Crippen MR) is 97.6 cm³/mol. The Labute approximate surface area is 152 Å². The minimum absolute atomic E-state index is 0.141. The lowest BCUT2D eigenvalue weighted by molar-refractivity contribution is 0.101. The van der Waals surface area contributed by atoms with Crippen LogP contribution in [0.4, 0.5) is 10.1 Å². The zero-order valence-corrected chi connectivity index (χ0v) is 14.8. The first-order valence-electron chi connectivity index (χ1n) is 8.03. The van der Waals surface area contributed by atoms with Crippen molar-refractivity contribution >= 4 is 27.5 Å². The van der Waals surface area contributed by atoms with Crippen LogP contribution in [-0.4, -0.2) is 15.7 Å². The highest BCUT2D eigenvalue weighted by molar-refractivity contribution is 9.10. The number of rotatable bonds is 4. The van der Waals surface area contributed by atoms with Gasteiger partial charge in [0, 0.05) is 10.4 Å². The molecule has 3 aromatic rings. The molecule has 4 rings (SSSR count). The summed E-state index contributed by atoms with van der Waals surface area (Å²) in [7, 11) is 0. The molecular formula is C19H15BrFN3O. The summed E-state index contributed by atoms with van der Waals surface area (Å²) >= 11 is 3.21. The Hall–Kier alpha value is -2.47. The number of carbonyl (C=O) groups excluding carboxylic acids is 1. The predicted octanol–water partition coefficient (Wildman–Crippen LogP) is 4.90. The number of aromatic nitrogens is 2. The van der Waals surface area contributed by atoms with Gasteiger partial charge in [0.2, 0.25) is 0 Å². The van der Waals surface area contributed by atoms with Gasteiger partial charge in [-0.15, -0.1) is 0 Å². The average Bonchev–Trinajstić information content (AvgIpc) is 3.36. The highest BCUT2D eigenvalue weighted by atomic mass is 79.9. The number of nitrogens with one attached hydrogen (secondary N) is 1. The number of halogens is 2. The Balaban J connectivity index is 1.69. The maximum Gasteiger partial charge on any atom is 0.274 e. The molecule has 0 aliphatic heterocycles. The molecule has 2 aromatic carbocycles. The third-order valence-electron chi connectivity index (χ3n) is 4.14. The standard InChI is InChI=1S/C19H15BrFN3O/c20-13-8-9-16(15(21)10-13)22-19(25)18-11-17(12-6-7-12)23-24(18)14-4-2-1-3-5-14/h1-5,8-12H,6-7H2,(H,22,25). The summed E-state index contributed by atoms with van der Waals surface area (Å²) in [5, 5.41) is 7.24. The summed E-state index contributed by atoms with van der Waals surface area (Å²) < 4.78 is 16.3. The molecule has 1 aliphatic rings. The molecule has 0 unspecified atom stereocenters. The Bertz CT molecular complexity index is 935. The van der Waals surface area contributed by atoms with Gasteiger partial charge in [-0.2, -0.15) is 5.10 Å². The molecule has 4 nitrogen and oxygen atoms in total. The minimum Gasteiger partial charge on any atom is -0.318 e. The highest BCUT2D eigenvalue weighted by Crippen LogP contribution is 2.39. The fraction of sp³-hybridized carbons (Fsp3) is 0.158. The van der Waals surface area contributed by atoms with Crippen LogP contribution >= 0.6 is 15.9 Å². The second-order valence-electron chi connectivity index (χ2n) is 6.05. The molecule has 6 heteroatoms. The van der Waals surface area contributed by atoms with E-state index in [0.717, 1.165) is 24.2 Å². The van der Waals surface area contributed by atoms with E-state index in [2.05, 4.69) is 26.3 Å². The molecule has 1 amide bonds. The molecule has 1 aliphatic carbocycles. The van der Waals surface area contributed by atoms with Crippen LogP contribution in [0.1, 0.15) is 34.9 Å². The minimum atomic E-state index is -0.490. The van der Waals surface area contributed by atoms with Gasteiger partial charge >= 0.3 is 0 Å².